The summed E-state index contributed by atoms with van der Waals surface area (Å²) in [5, 5.41) is 4.22. The molecule has 0 radical (unpaired) electrons. The van der Waals surface area contributed by atoms with E-state index in [4.69, 9.17) is 0 Å². The molecule has 4 nitrogen and oxygen atoms in total. The van der Waals surface area contributed by atoms with Gasteiger partial charge in [-0.2, -0.15) is 0 Å². The lowest BCUT2D eigenvalue weighted by molar-refractivity contribution is 0.294. The van der Waals surface area contributed by atoms with Crippen molar-refractivity contribution in [3.63, 3.8) is 0 Å². The quantitative estimate of drug-likeness (QED) is 0.600. The lowest BCUT2D eigenvalue weighted by Gasteiger charge is -2.29. The highest BCUT2D eigenvalue weighted by atomic mass is 32.2. The fourth-order valence-electron chi connectivity index (χ4n) is 3.10. The molecule has 1 aromatic heterocycles. The maximum atomic E-state index is 11.7. The topological polar surface area (TPSA) is 57.8 Å². The molecule has 0 saturated heterocycles. The van der Waals surface area contributed by atoms with E-state index in [1.54, 1.807) is 17.8 Å². The number of H-pyrrole nitrogens is 1. The van der Waals surface area contributed by atoms with Gasteiger partial charge in [0.1, 0.15) is 0 Å². The second kappa shape index (κ2) is 8.59. The minimum absolute atomic E-state index is 0.0328. The summed E-state index contributed by atoms with van der Waals surface area (Å²) in [6.45, 7) is 2.11. The van der Waals surface area contributed by atoms with Crippen molar-refractivity contribution in [1.82, 2.24) is 15.3 Å². The number of aryl methyl sites for hydroxylation is 1. The van der Waals surface area contributed by atoms with E-state index in [-0.39, 0.29) is 5.56 Å². The third kappa shape index (κ3) is 5.15. The van der Waals surface area contributed by atoms with Crippen LogP contribution in [0.4, 0.5) is 0 Å². The van der Waals surface area contributed by atoms with Crippen LogP contribution < -0.4 is 10.9 Å². The molecule has 1 aliphatic rings. The molecule has 1 aliphatic carbocycles. The highest BCUT2D eigenvalue weighted by Gasteiger charge is 2.22. The van der Waals surface area contributed by atoms with Crippen LogP contribution in [0.3, 0.4) is 0 Å². The summed E-state index contributed by atoms with van der Waals surface area (Å²) in [6, 6.07) is 2.12. The number of aromatic amines is 1. The summed E-state index contributed by atoms with van der Waals surface area (Å²) in [7, 11) is 2.05. The van der Waals surface area contributed by atoms with Gasteiger partial charge < -0.3 is 10.3 Å². The number of aromatic nitrogens is 2. The molecule has 1 fully saturated rings. The van der Waals surface area contributed by atoms with Crippen molar-refractivity contribution in [2.75, 3.05) is 12.8 Å². The smallest absolute Gasteiger partial charge is 0.251 e. The molecule has 2 N–H and O–H groups in total. The normalized spacial score (nSPS) is 17.8. The van der Waals surface area contributed by atoms with Gasteiger partial charge in [-0.1, -0.05) is 44.4 Å². The van der Waals surface area contributed by atoms with Crippen LogP contribution in [-0.4, -0.2) is 28.8 Å². The van der Waals surface area contributed by atoms with Crippen molar-refractivity contribution in [2.45, 2.75) is 63.1 Å². The fraction of sp³-hybridized carbons (Fsp3) is 0.750. The van der Waals surface area contributed by atoms with Gasteiger partial charge in [0.05, 0.1) is 0 Å². The van der Waals surface area contributed by atoms with E-state index in [0.29, 0.717) is 6.04 Å². The standard InChI is InChI=1S/C16H27N3OS/c1-3-7-13-10-15(20)19-16(18-13)21-11-14(17-2)12-8-5-4-6-9-12/h10,12,14,17H,3-9,11H2,1-2H3,(H,18,19,20). The Labute approximate surface area is 131 Å². The molecule has 0 aliphatic heterocycles. The van der Waals surface area contributed by atoms with Gasteiger partial charge in [-0.05, 0) is 32.2 Å². The number of hydrogen-bond donors (Lipinski definition) is 2. The first-order valence-corrected chi connectivity index (χ1v) is 9.11. The molecule has 1 unspecified atom stereocenters. The highest BCUT2D eigenvalue weighted by Crippen LogP contribution is 2.28. The zero-order chi connectivity index (χ0) is 15.1. The zero-order valence-corrected chi connectivity index (χ0v) is 14.0. The SMILES string of the molecule is CCCc1cc(=O)[nH]c(SCC(NC)C2CCCCC2)n1. The monoisotopic (exact) mass is 309 g/mol. The number of nitrogens with one attached hydrogen (secondary N) is 2. The van der Waals surface area contributed by atoms with Gasteiger partial charge in [0.15, 0.2) is 5.16 Å². The van der Waals surface area contributed by atoms with E-state index < -0.39 is 0 Å². The third-order valence-electron chi connectivity index (χ3n) is 4.27. The van der Waals surface area contributed by atoms with Crippen LogP contribution >= 0.6 is 11.8 Å². The highest BCUT2D eigenvalue weighted by molar-refractivity contribution is 7.99. The van der Waals surface area contributed by atoms with Crippen molar-refractivity contribution < 1.29 is 0 Å². The minimum Gasteiger partial charge on any atom is -0.316 e. The number of hydrogen-bond acceptors (Lipinski definition) is 4. The van der Waals surface area contributed by atoms with Crippen LogP contribution in [0, 0.1) is 5.92 Å². The largest absolute Gasteiger partial charge is 0.316 e. The first-order chi connectivity index (χ1) is 10.2. The summed E-state index contributed by atoms with van der Waals surface area (Å²) < 4.78 is 0. The van der Waals surface area contributed by atoms with Crippen LogP contribution in [0.5, 0.6) is 0 Å². The molecule has 1 atom stereocenters. The Balaban J connectivity index is 1.95. The molecule has 0 amide bonds. The predicted molar refractivity (Wildman–Crippen MR) is 89.0 cm³/mol. The Morgan fingerprint density at radius 3 is 2.86 bits per heavy atom. The molecule has 1 saturated carbocycles. The first-order valence-electron chi connectivity index (χ1n) is 8.13. The van der Waals surface area contributed by atoms with Crippen LogP contribution in [0.1, 0.15) is 51.1 Å². The lowest BCUT2D eigenvalue weighted by atomic mass is 9.84. The fourth-order valence-corrected chi connectivity index (χ4v) is 4.23. The third-order valence-corrected chi connectivity index (χ3v) is 5.26. The number of rotatable bonds is 7. The average Bonchev–Trinajstić information content (AvgIpc) is 2.49. The van der Waals surface area contributed by atoms with Crippen LogP contribution in [0.25, 0.3) is 0 Å². The van der Waals surface area contributed by atoms with Crippen molar-refractivity contribution in [2.24, 2.45) is 5.92 Å². The molecule has 0 aromatic carbocycles. The second-order valence-corrected chi connectivity index (χ2v) is 6.90. The molecule has 1 aromatic rings. The van der Waals surface area contributed by atoms with E-state index in [1.807, 2.05) is 7.05 Å². The van der Waals surface area contributed by atoms with Gasteiger partial charge in [-0.3, -0.25) is 4.79 Å². The summed E-state index contributed by atoms with van der Waals surface area (Å²) in [6.07, 6.45) is 8.63. The van der Waals surface area contributed by atoms with Crippen LogP contribution in [-0.2, 0) is 6.42 Å². The van der Waals surface area contributed by atoms with Gasteiger partial charge in [0.25, 0.3) is 5.56 Å². The van der Waals surface area contributed by atoms with Gasteiger partial charge >= 0.3 is 0 Å². The Bertz CT molecular complexity index is 483. The second-order valence-electron chi connectivity index (χ2n) is 5.90. The molecular formula is C16H27N3OS. The predicted octanol–water partition coefficient (Wildman–Crippen LogP) is 2.98. The maximum Gasteiger partial charge on any atom is 0.251 e. The molecule has 1 heterocycles. The molecular weight excluding hydrogens is 282 g/mol. The van der Waals surface area contributed by atoms with E-state index in [1.165, 1.54) is 32.1 Å². The zero-order valence-electron chi connectivity index (χ0n) is 13.2. The molecule has 0 bridgehead atoms. The molecule has 0 spiro atoms. The Hall–Kier alpha value is -0.810. The maximum absolute atomic E-state index is 11.7. The summed E-state index contributed by atoms with van der Waals surface area (Å²) in [5.41, 5.74) is 0.872. The number of thioether (sulfide) groups is 1. The van der Waals surface area contributed by atoms with Gasteiger partial charge in [0, 0.05) is 23.6 Å². The van der Waals surface area contributed by atoms with Crippen molar-refractivity contribution >= 4 is 11.8 Å². The van der Waals surface area contributed by atoms with Gasteiger partial charge in [-0.15, -0.1) is 0 Å². The molecule has 21 heavy (non-hydrogen) atoms. The lowest BCUT2D eigenvalue weighted by Crippen LogP contribution is -2.37. The molecule has 5 heteroatoms. The first kappa shape index (κ1) is 16.6. The summed E-state index contributed by atoms with van der Waals surface area (Å²) in [4.78, 5) is 19.1. The van der Waals surface area contributed by atoms with E-state index in [0.717, 1.165) is 35.4 Å². The van der Waals surface area contributed by atoms with E-state index >= 15 is 0 Å². The van der Waals surface area contributed by atoms with Crippen molar-refractivity contribution in [3.05, 3.63) is 22.1 Å². The number of nitrogens with zero attached hydrogens (tertiary/aromatic N) is 1. The van der Waals surface area contributed by atoms with Crippen LogP contribution in [0.15, 0.2) is 16.0 Å². The average molecular weight is 309 g/mol. The van der Waals surface area contributed by atoms with Gasteiger partial charge in [0.2, 0.25) is 0 Å². The van der Waals surface area contributed by atoms with Crippen molar-refractivity contribution in [1.29, 1.82) is 0 Å². The van der Waals surface area contributed by atoms with Crippen LogP contribution in [0.2, 0.25) is 0 Å². The Morgan fingerprint density at radius 1 is 1.43 bits per heavy atom. The van der Waals surface area contributed by atoms with E-state index in [9.17, 15) is 4.79 Å². The summed E-state index contributed by atoms with van der Waals surface area (Å²) >= 11 is 1.67. The van der Waals surface area contributed by atoms with Gasteiger partial charge in [-0.25, -0.2) is 4.98 Å². The molecule has 2 rings (SSSR count). The van der Waals surface area contributed by atoms with Crippen molar-refractivity contribution in [3.8, 4) is 0 Å². The summed E-state index contributed by atoms with van der Waals surface area (Å²) in [5.74, 6) is 1.74. The minimum atomic E-state index is -0.0328. The van der Waals surface area contributed by atoms with E-state index in [2.05, 4.69) is 22.2 Å². The Morgan fingerprint density at radius 2 is 2.19 bits per heavy atom. The molecule has 118 valence electrons. The Kier molecular flexibility index (Phi) is 6.77.